The fourth-order valence-electron chi connectivity index (χ4n) is 2.09. The second-order valence-electron chi connectivity index (χ2n) is 6.86. The highest BCUT2D eigenvalue weighted by molar-refractivity contribution is 14.1. The van der Waals surface area contributed by atoms with E-state index in [1.807, 2.05) is 45.9 Å². The number of ether oxygens (including phenoxy) is 2. The van der Waals surface area contributed by atoms with Crippen molar-refractivity contribution in [1.29, 1.82) is 0 Å². The topological polar surface area (TPSA) is 47.6 Å². The molecule has 1 aromatic rings. The molecule has 1 aromatic carbocycles. The maximum Gasteiger partial charge on any atom is 0.407 e. The Labute approximate surface area is 153 Å². The fraction of sp³-hybridized carbons (Fsp3) is 0.611. The maximum atomic E-state index is 11.9. The molecule has 5 heteroatoms. The van der Waals surface area contributed by atoms with Crippen LogP contribution in [0.2, 0.25) is 0 Å². The van der Waals surface area contributed by atoms with Gasteiger partial charge in [-0.3, -0.25) is 0 Å². The number of benzene rings is 1. The molecular weight excluding hydrogens is 405 g/mol. The molecule has 2 unspecified atom stereocenters. The monoisotopic (exact) mass is 433 g/mol. The molecule has 4 nitrogen and oxygen atoms in total. The molecule has 1 rings (SSSR count). The third-order valence-electron chi connectivity index (χ3n) is 3.26. The number of rotatable bonds is 7. The summed E-state index contributed by atoms with van der Waals surface area (Å²) in [6.45, 7) is 10.1. The van der Waals surface area contributed by atoms with E-state index in [9.17, 15) is 4.79 Å². The average molecular weight is 433 g/mol. The lowest BCUT2D eigenvalue weighted by molar-refractivity contribution is -0.0689. The third kappa shape index (κ3) is 7.52. The van der Waals surface area contributed by atoms with Gasteiger partial charge in [-0.2, -0.15) is 0 Å². The van der Waals surface area contributed by atoms with Gasteiger partial charge in [-0.25, -0.2) is 4.79 Å². The Morgan fingerprint density at radius 3 is 2.30 bits per heavy atom. The molecule has 130 valence electrons. The van der Waals surface area contributed by atoms with Crippen molar-refractivity contribution in [2.24, 2.45) is 0 Å². The van der Waals surface area contributed by atoms with Gasteiger partial charge < -0.3 is 14.8 Å². The highest BCUT2D eigenvalue weighted by Crippen LogP contribution is 2.28. The largest absolute Gasteiger partial charge is 0.444 e. The van der Waals surface area contributed by atoms with E-state index < -0.39 is 17.3 Å². The maximum absolute atomic E-state index is 11.9. The van der Waals surface area contributed by atoms with Crippen LogP contribution in [-0.4, -0.2) is 28.3 Å². The van der Waals surface area contributed by atoms with Crippen molar-refractivity contribution in [3.63, 3.8) is 0 Å². The Kier molecular flexibility index (Phi) is 7.80. The number of alkyl halides is 1. The molecule has 0 fully saturated rings. The Balaban J connectivity index is 2.67. The van der Waals surface area contributed by atoms with E-state index in [-0.39, 0.29) is 6.10 Å². The minimum Gasteiger partial charge on any atom is -0.444 e. The number of hydrogen-bond donors (Lipinski definition) is 1. The van der Waals surface area contributed by atoms with Crippen LogP contribution in [0.5, 0.6) is 0 Å². The van der Waals surface area contributed by atoms with Crippen molar-refractivity contribution in [1.82, 2.24) is 5.32 Å². The summed E-state index contributed by atoms with van der Waals surface area (Å²) >= 11 is 2.29. The molecule has 1 amide bonds. The van der Waals surface area contributed by atoms with Crippen LogP contribution in [0.25, 0.3) is 0 Å². The molecule has 0 saturated carbocycles. The molecule has 2 atom stereocenters. The lowest BCUT2D eigenvalue weighted by Gasteiger charge is -2.33. The van der Waals surface area contributed by atoms with E-state index in [0.29, 0.717) is 6.54 Å². The molecule has 0 aliphatic heterocycles. The van der Waals surface area contributed by atoms with E-state index in [1.54, 1.807) is 0 Å². The first-order chi connectivity index (χ1) is 10.7. The predicted octanol–water partition coefficient (Wildman–Crippen LogP) is 4.87. The lowest BCUT2D eigenvalue weighted by atomic mass is 10.0. The van der Waals surface area contributed by atoms with E-state index in [4.69, 9.17) is 9.47 Å². The minimum absolute atomic E-state index is 0.0106. The molecule has 0 bridgehead atoms. The van der Waals surface area contributed by atoms with Gasteiger partial charge in [-0.05, 0) is 39.7 Å². The summed E-state index contributed by atoms with van der Waals surface area (Å²) in [5, 5.41) is 2.82. The number of amides is 1. The van der Waals surface area contributed by atoms with Gasteiger partial charge in [0.1, 0.15) is 5.60 Å². The van der Waals surface area contributed by atoms with Crippen LogP contribution in [0.1, 0.15) is 52.7 Å². The van der Waals surface area contributed by atoms with Crippen LogP contribution in [0, 0.1) is 0 Å². The third-order valence-corrected chi connectivity index (χ3v) is 4.87. The Morgan fingerprint density at radius 1 is 1.22 bits per heavy atom. The van der Waals surface area contributed by atoms with Gasteiger partial charge in [0.15, 0.2) is 0 Å². The zero-order chi connectivity index (χ0) is 17.5. The van der Waals surface area contributed by atoms with Gasteiger partial charge in [0.2, 0.25) is 0 Å². The summed E-state index contributed by atoms with van der Waals surface area (Å²) in [5.74, 6) is 0. The van der Waals surface area contributed by atoms with Gasteiger partial charge in [-0.15, -0.1) is 0 Å². The average Bonchev–Trinajstić information content (AvgIpc) is 2.50. The van der Waals surface area contributed by atoms with Gasteiger partial charge in [0.05, 0.1) is 18.2 Å². The number of alkyl carbamates (subject to hydrolysis) is 1. The first-order valence-electron chi connectivity index (χ1n) is 7.94. The Morgan fingerprint density at radius 2 is 1.83 bits per heavy atom. The normalized spacial score (nSPS) is 15.6. The molecule has 0 aromatic heterocycles. The van der Waals surface area contributed by atoms with Crippen LogP contribution in [0.15, 0.2) is 30.3 Å². The summed E-state index contributed by atoms with van der Waals surface area (Å²) < 4.78 is 12.4. The number of halogens is 1. The molecule has 0 radical (unpaired) electrons. The molecule has 0 spiro atoms. The summed E-state index contributed by atoms with van der Waals surface area (Å²) in [5.41, 5.74) is 0.207. The molecule has 0 aliphatic carbocycles. The van der Waals surface area contributed by atoms with Crippen molar-refractivity contribution in [3.05, 3.63) is 35.9 Å². The predicted molar refractivity (Wildman–Crippen MR) is 102 cm³/mol. The quantitative estimate of drug-likeness (QED) is 0.493. The molecule has 1 N–H and O–H groups in total. The molecule has 0 heterocycles. The molecular formula is C18H28INO3. The van der Waals surface area contributed by atoms with Crippen LogP contribution in [-0.2, 0) is 9.47 Å². The first-order valence-corrected chi connectivity index (χ1v) is 9.47. The van der Waals surface area contributed by atoms with Crippen molar-refractivity contribution in [2.45, 2.75) is 58.3 Å². The summed E-state index contributed by atoms with van der Waals surface area (Å²) in [6, 6.07) is 10.2. The number of hydrogen-bond acceptors (Lipinski definition) is 3. The Hall–Kier alpha value is -0.820. The van der Waals surface area contributed by atoms with Crippen molar-refractivity contribution >= 4 is 28.7 Å². The van der Waals surface area contributed by atoms with E-state index in [2.05, 4.69) is 47.0 Å². The molecule has 23 heavy (non-hydrogen) atoms. The second kappa shape index (κ2) is 8.87. The SMILES string of the molecule is CCC(OC(C)(CI)CNC(=O)OC(C)(C)C)c1ccccc1. The number of carbonyl (C=O) groups is 1. The number of nitrogens with one attached hydrogen (secondary N) is 1. The summed E-state index contributed by atoms with van der Waals surface area (Å²) in [7, 11) is 0. The van der Waals surface area contributed by atoms with Crippen LogP contribution in [0.4, 0.5) is 4.79 Å². The van der Waals surface area contributed by atoms with Gasteiger partial charge in [-0.1, -0.05) is 59.8 Å². The van der Waals surface area contributed by atoms with Crippen LogP contribution < -0.4 is 5.32 Å². The summed E-state index contributed by atoms with van der Waals surface area (Å²) in [6.07, 6.45) is 0.476. The van der Waals surface area contributed by atoms with Crippen LogP contribution in [0.3, 0.4) is 0 Å². The zero-order valence-electron chi connectivity index (χ0n) is 14.7. The van der Waals surface area contributed by atoms with Crippen LogP contribution >= 0.6 is 22.6 Å². The van der Waals surface area contributed by atoms with Gasteiger partial charge >= 0.3 is 6.09 Å². The lowest BCUT2D eigenvalue weighted by Crippen LogP contribution is -2.46. The minimum atomic E-state index is -0.498. The van der Waals surface area contributed by atoms with Gasteiger partial charge in [0.25, 0.3) is 0 Å². The van der Waals surface area contributed by atoms with Crippen molar-refractivity contribution in [3.8, 4) is 0 Å². The number of carbonyl (C=O) groups excluding carboxylic acids is 1. The van der Waals surface area contributed by atoms with Gasteiger partial charge in [0, 0.05) is 4.43 Å². The Bertz CT molecular complexity index is 487. The van der Waals surface area contributed by atoms with E-state index in [1.165, 1.54) is 0 Å². The fourth-order valence-corrected chi connectivity index (χ4v) is 2.54. The highest BCUT2D eigenvalue weighted by Gasteiger charge is 2.29. The standard InChI is InChI=1S/C18H28INO3/c1-6-15(14-10-8-7-9-11-14)22-18(5,12-19)13-20-16(21)23-17(2,3)4/h7-11,15H,6,12-13H2,1-5H3,(H,20,21). The second-order valence-corrected chi connectivity index (χ2v) is 7.63. The smallest absolute Gasteiger partial charge is 0.407 e. The molecule has 0 aliphatic rings. The first kappa shape index (κ1) is 20.2. The van der Waals surface area contributed by atoms with E-state index >= 15 is 0 Å². The molecule has 0 saturated heterocycles. The van der Waals surface area contributed by atoms with Crippen molar-refractivity contribution < 1.29 is 14.3 Å². The highest BCUT2D eigenvalue weighted by atomic mass is 127. The van der Waals surface area contributed by atoms with Crippen molar-refractivity contribution in [2.75, 3.05) is 11.0 Å². The summed E-state index contributed by atoms with van der Waals surface area (Å²) in [4.78, 5) is 11.9. The zero-order valence-corrected chi connectivity index (χ0v) is 16.8. The van der Waals surface area contributed by atoms with E-state index in [0.717, 1.165) is 16.4 Å².